The maximum Gasteiger partial charge on any atom is 0.213 e. The number of benzene rings is 2. The standard InChI is InChI=1S/C28H30N2O4/c1-5-15-33-24-13-14-26(29-19-23-7-6-8-27(30-23)34-17-16-32-4)25(18-24)28(31)22-11-9-21(10-12-22)20(2)3/h1,6-14,18,20,29H,15-17,19H2,2-4H3. The van der Waals surface area contributed by atoms with Crippen molar-refractivity contribution in [2.45, 2.75) is 26.3 Å². The Morgan fingerprint density at radius 3 is 2.56 bits per heavy atom. The Morgan fingerprint density at radius 2 is 1.85 bits per heavy atom. The lowest BCUT2D eigenvalue weighted by Gasteiger charge is -2.14. The molecule has 0 aliphatic carbocycles. The van der Waals surface area contributed by atoms with Gasteiger partial charge in [-0.15, -0.1) is 6.42 Å². The Labute approximate surface area is 201 Å². The summed E-state index contributed by atoms with van der Waals surface area (Å²) >= 11 is 0. The van der Waals surface area contributed by atoms with Crippen LogP contribution in [0, 0.1) is 12.3 Å². The van der Waals surface area contributed by atoms with Gasteiger partial charge in [0, 0.05) is 30.0 Å². The monoisotopic (exact) mass is 458 g/mol. The Bertz CT molecular complexity index is 1130. The Hall–Kier alpha value is -3.82. The number of ether oxygens (including phenoxy) is 3. The summed E-state index contributed by atoms with van der Waals surface area (Å²) in [5, 5.41) is 3.33. The lowest BCUT2D eigenvalue weighted by Crippen LogP contribution is -2.10. The SMILES string of the molecule is C#CCOc1ccc(NCc2cccc(OCCOC)n2)c(C(=O)c2ccc(C(C)C)cc2)c1. The highest BCUT2D eigenvalue weighted by molar-refractivity contribution is 6.12. The summed E-state index contributed by atoms with van der Waals surface area (Å²) < 4.78 is 16.2. The number of nitrogens with one attached hydrogen (secondary N) is 1. The number of ketones is 1. The molecular weight excluding hydrogens is 428 g/mol. The first-order valence-corrected chi connectivity index (χ1v) is 11.2. The molecule has 0 radical (unpaired) electrons. The second kappa shape index (κ2) is 12.4. The van der Waals surface area contributed by atoms with E-state index in [0.29, 0.717) is 54.1 Å². The van der Waals surface area contributed by atoms with Crippen LogP contribution in [0.2, 0.25) is 0 Å². The van der Waals surface area contributed by atoms with Crippen molar-refractivity contribution in [3.63, 3.8) is 0 Å². The second-order valence-corrected chi connectivity index (χ2v) is 7.97. The fourth-order valence-corrected chi connectivity index (χ4v) is 3.31. The van der Waals surface area contributed by atoms with Crippen molar-refractivity contribution in [3.8, 4) is 24.0 Å². The number of pyridine rings is 1. The molecule has 0 spiro atoms. The molecule has 3 aromatic rings. The van der Waals surface area contributed by atoms with Gasteiger partial charge in [0.2, 0.25) is 5.88 Å². The van der Waals surface area contributed by atoms with Crippen molar-refractivity contribution in [2.24, 2.45) is 0 Å². The van der Waals surface area contributed by atoms with Crippen molar-refractivity contribution in [2.75, 3.05) is 32.2 Å². The molecule has 0 saturated heterocycles. The minimum Gasteiger partial charge on any atom is -0.481 e. The van der Waals surface area contributed by atoms with E-state index in [2.05, 4.69) is 30.1 Å². The van der Waals surface area contributed by atoms with Crippen LogP contribution in [-0.4, -0.2) is 37.7 Å². The van der Waals surface area contributed by atoms with Crippen LogP contribution in [0.25, 0.3) is 0 Å². The van der Waals surface area contributed by atoms with Gasteiger partial charge in [-0.1, -0.05) is 50.1 Å². The highest BCUT2D eigenvalue weighted by Crippen LogP contribution is 2.26. The van der Waals surface area contributed by atoms with Gasteiger partial charge in [0.25, 0.3) is 0 Å². The van der Waals surface area contributed by atoms with Gasteiger partial charge < -0.3 is 19.5 Å². The lowest BCUT2D eigenvalue weighted by atomic mass is 9.97. The lowest BCUT2D eigenvalue weighted by molar-refractivity contribution is 0.103. The average Bonchev–Trinajstić information content (AvgIpc) is 2.86. The maximum atomic E-state index is 13.4. The topological polar surface area (TPSA) is 69.7 Å². The highest BCUT2D eigenvalue weighted by atomic mass is 16.5. The number of methoxy groups -OCH3 is 1. The number of aromatic nitrogens is 1. The molecule has 6 nitrogen and oxygen atoms in total. The molecule has 0 saturated carbocycles. The zero-order valence-corrected chi connectivity index (χ0v) is 19.8. The summed E-state index contributed by atoms with van der Waals surface area (Å²) in [7, 11) is 1.62. The Balaban J connectivity index is 1.82. The average molecular weight is 459 g/mol. The highest BCUT2D eigenvalue weighted by Gasteiger charge is 2.16. The molecular formula is C28H30N2O4. The van der Waals surface area contributed by atoms with E-state index in [1.807, 2.05) is 42.5 Å². The van der Waals surface area contributed by atoms with E-state index in [-0.39, 0.29) is 12.4 Å². The number of carbonyl (C=O) groups is 1. The van der Waals surface area contributed by atoms with E-state index in [4.69, 9.17) is 20.6 Å². The normalized spacial score (nSPS) is 10.6. The van der Waals surface area contributed by atoms with E-state index in [1.54, 1.807) is 25.3 Å². The van der Waals surface area contributed by atoms with Crippen LogP contribution < -0.4 is 14.8 Å². The molecule has 0 bridgehead atoms. The van der Waals surface area contributed by atoms with Crippen molar-refractivity contribution in [1.82, 2.24) is 4.98 Å². The number of anilines is 1. The fourth-order valence-electron chi connectivity index (χ4n) is 3.31. The molecule has 1 N–H and O–H groups in total. The van der Waals surface area contributed by atoms with Crippen LogP contribution in [0.3, 0.4) is 0 Å². The Morgan fingerprint density at radius 1 is 1.06 bits per heavy atom. The van der Waals surface area contributed by atoms with Crippen LogP contribution in [-0.2, 0) is 11.3 Å². The molecule has 0 aliphatic heterocycles. The molecule has 34 heavy (non-hydrogen) atoms. The van der Waals surface area contributed by atoms with E-state index < -0.39 is 0 Å². The van der Waals surface area contributed by atoms with Gasteiger partial charge >= 0.3 is 0 Å². The first kappa shape index (κ1) is 24.8. The zero-order valence-electron chi connectivity index (χ0n) is 19.8. The van der Waals surface area contributed by atoms with Gasteiger partial charge in [-0.05, 0) is 35.7 Å². The molecule has 6 heteroatoms. The van der Waals surface area contributed by atoms with Gasteiger partial charge in [-0.3, -0.25) is 4.79 Å². The van der Waals surface area contributed by atoms with Crippen molar-refractivity contribution < 1.29 is 19.0 Å². The molecule has 2 aromatic carbocycles. The van der Waals surface area contributed by atoms with E-state index >= 15 is 0 Å². The van der Waals surface area contributed by atoms with E-state index in [1.165, 1.54) is 5.56 Å². The summed E-state index contributed by atoms with van der Waals surface area (Å²) in [5.74, 6) is 3.80. The van der Waals surface area contributed by atoms with Gasteiger partial charge in [0.15, 0.2) is 5.78 Å². The summed E-state index contributed by atoms with van der Waals surface area (Å²) in [5.41, 5.74) is 3.74. The molecule has 3 rings (SSSR count). The minimum atomic E-state index is -0.103. The van der Waals surface area contributed by atoms with E-state index in [0.717, 1.165) is 5.69 Å². The summed E-state index contributed by atoms with van der Waals surface area (Å²) in [6, 6.07) is 18.6. The quantitative estimate of drug-likeness (QED) is 0.232. The number of hydrogen-bond donors (Lipinski definition) is 1. The summed E-state index contributed by atoms with van der Waals surface area (Å²) in [6.45, 7) is 5.70. The van der Waals surface area contributed by atoms with Crippen molar-refractivity contribution >= 4 is 11.5 Å². The first-order valence-electron chi connectivity index (χ1n) is 11.2. The molecule has 0 fully saturated rings. The summed E-state index contributed by atoms with van der Waals surface area (Å²) in [4.78, 5) is 17.9. The predicted molar refractivity (Wildman–Crippen MR) is 134 cm³/mol. The smallest absolute Gasteiger partial charge is 0.213 e. The van der Waals surface area contributed by atoms with Gasteiger partial charge in [-0.25, -0.2) is 4.98 Å². The minimum absolute atomic E-state index is 0.103. The van der Waals surface area contributed by atoms with Crippen molar-refractivity contribution in [3.05, 3.63) is 83.0 Å². The molecule has 0 atom stereocenters. The largest absolute Gasteiger partial charge is 0.481 e. The van der Waals surface area contributed by atoms with Crippen LogP contribution >= 0.6 is 0 Å². The number of rotatable bonds is 12. The molecule has 0 aliphatic rings. The van der Waals surface area contributed by atoms with Crippen LogP contribution in [0.1, 0.15) is 46.9 Å². The van der Waals surface area contributed by atoms with Gasteiger partial charge in [-0.2, -0.15) is 0 Å². The molecule has 176 valence electrons. The number of carbonyl (C=O) groups excluding carboxylic acids is 1. The fraction of sp³-hybridized carbons (Fsp3) is 0.286. The van der Waals surface area contributed by atoms with Crippen LogP contribution in [0.4, 0.5) is 5.69 Å². The third-order valence-corrected chi connectivity index (χ3v) is 5.18. The second-order valence-electron chi connectivity index (χ2n) is 7.97. The van der Waals surface area contributed by atoms with Crippen molar-refractivity contribution in [1.29, 1.82) is 0 Å². The molecule has 1 aromatic heterocycles. The molecule has 1 heterocycles. The third-order valence-electron chi connectivity index (χ3n) is 5.18. The number of terminal acetylenes is 1. The van der Waals surface area contributed by atoms with E-state index in [9.17, 15) is 4.79 Å². The third kappa shape index (κ3) is 6.84. The number of nitrogens with zero attached hydrogens (tertiary/aromatic N) is 1. The predicted octanol–water partition coefficient (Wildman–Crippen LogP) is 5.09. The zero-order chi connectivity index (χ0) is 24.3. The molecule has 0 amide bonds. The summed E-state index contributed by atoms with van der Waals surface area (Å²) in [6.07, 6.45) is 5.32. The molecule has 0 unspecified atom stereocenters. The Kier molecular flexibility index (Phi) is 9.07. The van der Waals surface area contributed by atoms with Gasteiger partial charge in [0.05, 0.1) is 18.8 Å². The van der Waals surface area contributed by atoms with Crippen LogP contribution in [0.5, 0.6) is 11.6 Å². The first-order chi connectivity index (χ1) is 16.5. The van der Waals surface area contributed by atoms with Crippen LogP contribution in [0.15, 0.2) is 60.7 Å². The van der Waals surface area contributed by atoms with Gasteiger partial charge in [0.1, 0.15) is 19.0 Å². The number of hydrogen-bond acceptors (Lipinski definition) is 6. The maximum absolute atomic E-state index is 13.4.